The van der Waals surface area contributed by atoms with Crippen LogP contribution in [0, 0.1) is 0 Å². The Labute approximate surface area is 104 Å². The zero-order valence-corrected chi connectivity index (χ0v) is 9.52. The van der Waals surface area contributed by atoms with Gasteiger partial charge in [-0.25, -0.2) is 4.79 Å². The van der Waals surface area contributed by atoms with Crippen LogP contribution < -0.4 is 5.73 Å². The summed E-state index contributed by atoms with van der Waals surface area (Å²) in [6.45, 7) is 0. The van der Waals surface area contributed by atoms with E-state index in [4.69, 9.17) is 10.8 Å². The normalized spacial score (nSPS) is 9.41. The van der Waals surface area contributed by atoms with Crippen molar-refractivity contribution in [2.45, 2.75) is 0 Å². The molecule has 0 spiro atoms. The van der Waals surface area contributed by atoms with Gasteiger partial charge in [-0.1, -0.05) is 0 Å². The summed E-state index contributed by atoms with van der Waals surface area (Å²) in [4.78, 5) is 18.7. The number of nitrogens with two attached hydrogens (primary N) is 1. The first kappa shape index (κ1) is 12.9. The number of rotatable bonds is 2. The Morgan fingerprint density at radius 1 is 1.06 bits per heavy atom. The lowest BCUT2D eigenvalue weighted by Gasteiger charge is -2.00. The summed E-state index contributed by atoms with van der Waals surface area (Å²) < 4.78 is 0. The van der Waals surface area contributed by atoms with Crippen LogP contribution in [0.3, 0.4) is 0 Å². The number of halogens is 1. The van der Waals surface area contributed by atoms with Crippen LogP contribution in [-0.4, -0.2) is 21.0 Å². The van der Waals surface area contributed by atoms with Crippen molar-refractivity contribution in [2.75, 3.05) is 5.73 Å². The van der Waals surface area contributed by atoms with Gasteiger partial charge in [0.25, 0.3) is 0 Å². The number of carbonyl (C=O) groups is 1. The third kappa shape index (κ3) is 2.92. The third-order valence-corrected chi connectivity index (χ3v) is 2.06. The van der Waals surface area contributed by atoms with Crippen LogP contribution in [-0.2, 0) is 0 Å². The summed E-state index contributed by atoms with van der Waals surface area (Å²) in [5.74, 6) is -0.996. The van der Waals surface area contributed by atoms with Crippen molar-refractivity contribution in [3.05, 3.63) is 42.2 Å². The van der Waals surface area contributed by atoms with E-state index in [1.54, 1.807) is 18.2 Å². The molecule has 88 valence electrons. The number of aromatic nitrogens is 2. The second kappa shape index (κ2) is 5.27. The molecule has 0 aliphatic heterocycles. The molecule has 0 atom stereocenters. The van der Waals surface area contributed by atoms with Gasteiger partial charge in [0.1, 0.15) is 0 Å². The second-order valence-corrected chi connectivity index (χ2v) is 3.21. The van der Waals surface area contributed by atoms with Crippen molar-refractivity contribution in [1.29, 1.82) is 0 Å². The van der Waals surface area contributed by atoms with Gasteiger partial charge in [0.15, 0.2) is 0 Å². The summed E-state index contributed by atoms with van der Waals surface area (Å²) in [6.07, 6.45) is 2.83. The highest BCUT2D eigenvalue weighted by Crippen LogP contribution is 2.15. The van der Waals surface area contributed by atoms with Crippen molar-refractivity contribution < 1.29 is 9.90 Å². The van der Waals surface area contributed by atoms with Crippen LogP contribution in [0.1, 0.15) is 10.4 Å². The minimum atomic E-state index is -0.996. The van der Waals surface area contributed by atoms with Crippen molar-refractivity contribution in [2.24, 2.45) is 0 Å². The maximum Gasteiger partial charge on any atom is 0.337 e. The van der Waals surface area contributed by atoms with Crippen molar-refractivity contribution in [3.8, 4) is 11.4 Å². The summed E-state index contributed by atoms with van der Waals surface area (Å²) in [5, 5.41) is 8.71. The SMILES string of the molecule is Cl.Nc1ccc(-c2ccc(C(=O)O)cn2)nc1. The molecule has 0 bridgehead atoms. The van der Waals surface area contributed by atoms with Crippen LogP contribution in [0.15, 0.2) is 36.7 Å². The molecule has 0 unspecified atom stereocenters. The number of hydrogen-bond donors (Lipinski definition) is 2. The maximum atomic E-state index is 10.6. The summed E-state index contributed by atoms with van der Waals surface area (Å²) in [7, 11) is 0. The molecular weight excluding hydrogens is 242 g/mol. The van der Waals surface area contributed by atoms with Gasteiger partial charge >= 0.3 is 5.97 Å². The largest absolute Gasteiger partial charge is 0.478 e. The van der Waals surface area contributed by atoms with Crippen LogP contribution in [0.2, 0.25) is 0 Å². The number of carboxylic acid groups (broad SMARTS) is 1. The number of anilines is 1. The van der Waals surface area contributed by atoms with E-state index in [1.807, 2.05) is 0 Å². The number of aromatic carboxylic acids is 1. The standard InChI is InChI=1S/C11H9N3O2.ClH/c12-8-2-4-10(14-6-8)9-3-1-7(5-13-9)11(15)16;/h1-6H,12H2,(H,15,16);1H. The van der Waals surface area contributed by atoms with Gasteiger partial charge < -0.3 is 10.8 Å². The number of carboxylic acids is 1. The monoisotopic (exact) mass is 251 g/mol. The molecule has 0 aromatic carbocycles. The molecule has 0 amide bonds. The van der Waals surface area contributed by atoms with Gasteiger partial charge in [-0.3, -0.25) is 9.97 Å². The average Bonchev–Trinajstić information content (AvgIpc) is 2.30. The molecule has 3 N–H and O–H groups in total. The number of nitrogens with zero attached hydrogens (tertiary/aromatic N) is 2. The number of nitrogen functional groups attached to an aromatic ring is 1. The third-order valence-electron chi connectivity index (χ3n) is 2.06. The lowest BCUT2D eigenvalue weighted by molar-refractivity contribution is 0.0696. The minimum absolute atomic E-state index is 0. The van der Waals surface area contributed by atoms with Gasteiger partial charge in [-0.2, -0.15) is 0 Å². The van der Waals surface area contributed by atoms with Gasteiger partial charge in [-0.15, -0.1) is 12.4 Å². The van der Waals surface area contributed by atoms with E-state index in [-0.39, 0.29) is 18.0 Å². The first-order valence-corrected chi connectivity index (χ1v) is 4.58. The molecule has 17 heavy (non-hydrogen) atoms. The van der Waals surface area contributed by atoms with Gasteiger partial charge in [0.05, 0.1) is 28.8 Å². The lowest BCUT2D eigenvalue weighted by Crippen LogP contribution is -1.97. The fourth-order valence-corrected chi connectivity index (χ4v) is 1.23. The van der Waals surface area contributed by atoms with E-state index in [0.29, 0.717) is 17.1 Å². The summed E-state index contributed by atoms with van der Waals surface area (Å²) in [5.41, 5.74) is 7.51. The van der Waals surface area contributed by atoms with Crippen molar-refractivity contribution in [3.63, 3.8) is 0 Å². The highest BCUT2D eigenvalue weighted by molar-refractivity contribution is 5.87. The Morgan fingerprint density at radius 2 is 1.65 bits per heavy atom. The molecule has 0 aliphatic carbocycles. The Morgan fingerprint density at radius 3 is 2.06 bits per heavy atom. The Balaban J connectivity index is 0.00000144. The van der Waals surface area contributed by atoms with Gasteiger partial charge in [-0.05, 0) is 24.3 Å². The molecule has 5 nitrogen and oxygen atoms in total. The first-order chi connectivity index (χ1) is 7.66. The van der Waals surface area contributed by atoms with Gasteiger partial charge in [0.2, 0.25) is 0 Å². The van der Waals surface area contributed by atoms with E-state index in [1.165, 1.54) is 18.5 Å². The number of pyridine rings is 2. The molecule has 0 fully saturated rings. The van der Waals surface area contributed by atoms with Crippen molar-refractivity contribution in [1.82, 2.24) is 9.97 Å². The highest BCUT2D eigenvalue weighted by Gasteiger charge is 2.04. The molecule has 2 aromatic heterocycles. The smallest absolute Gasteiger partial charge is 0.337 e. The lowest BCUT2D eigenvalue weighted by atomic mass is 10.2. The van der Waals surface area contributed by atoms with Crippen molar-refractivity contribution >= 4 is 24.1 Å². The van der Waals surface area contributed by atoms with Crippen LogP contribution >= 0.6 is 12.4 Å². The van der Waals surface area contributed by atoms with E-state index < -0.39 is 5.97 Å². The minimum Gasteiger partial charge on any atom is -0.478 e. The predicted octanol–water partition coefficient (Wildman–Crippen LogP) is 1.85. The van der Waals surface area contributed by atoms with E-state index in [9.17, 15) is 4.79 Å². The Bertz CT molecular complexity index is 511. The second-order valence-electron chi connectivity index (χ2n) is 3.21. The molecule has 0 aliphatic rings. The molecule has 0 saturated heterocycles. The quantitative estimate of drug-likeness (QED) is 0.850. The van der Waals surface area contributed by atoms with Crippen LogP contribution in [0.25, 0.3) is 11.4 Å². The van der Waals surface area contributed by atoms with Gasteiger partial charge in [0, 0.05) is 6.20 Å². The number of hydrogen-bond acceptors (Lipinski definition) is 4. The zero-order chi connectivity index (χ0) is 11.5. The highest BCUT2D eigenvalue weighted by atomic mass is 35.5. The predicted molar refractivity (Wildman–Crippen MR) is 66.1 cm³/mol. The average molecular weight is 252 g/mol. The Hall–Kier alpha value is -2.14. The summed E-state index contributed by atoms with van der Waals surface area (Å²) >= 11 is 0. The van der Waals surface area contributed by atoms with E-state index >= 15 is 0 Å². The fourth-order valence-electron chi connectivity index (χ4n) is 1.23. The molecule has 2 heterocycles. The van der Waals surface area contributed by atoms with Crippen LogP contribution in [0.4, 0.5) is 5.69 Å². The van der Waals surface area contributed by atoms with E-state index in [2.05, 4.69) is 9.97 Å². The molecule has 0 saturated carbocycles. The summed E-state index contributed by atoms with van der Waals surface area (Å²) in [6, 6.07) is 6.55. The zero-order valence-electron chi connectivity index (χ0n) is 8.70. The van der Waals surface area contributed by atoms with E-state index in [0.717, 1.165) is 0 Å². The maximum absolute atomic E-state index is 10.6. The Kier molecular flexibility index (Phi) is 4.01. The molecule has 0 radical (unpaired) electrons. The topological polar surface area (TPSA) is 89.1 Å². The fraction of sp³-hybridized carbons (Fsp3) is 0. The molecular formula is C11H10ClN3O2. The molecule has 2 aromatic rings. The molecule has 2 rings (SSSR count). The first-order valence-electron chi connectivity index (χ1n) is 4.58. The molecule has 6 heteroatoms. The van der Waals surface area contributed by atoms with Crippen LogP contribution in [0.5, 0.6) is 0 Å².